The topological polar surface area (TPSA) is 55.6 Å². The number of rotatable bonds is 6. The summed E-state index contributed by atoms with van der Waals surface area (Å²) in [5, 5.41) is 0. The van der Waals surface area contributed by atoms with Crippen LogP contribution in [0.5, 0.6) is 0 Å². The number of nitrogens with zero attached hydrogens (tertiary/aromatic N) is 1. The first-order valence-corrected chi connectivity index (χ1v) is 7.36. The Morgan fingerprint density at radius 1 is 1.45 bits per heavy atom. The highest BCUT2D eigenvalue weighted by molar-refractivity contribution is 5.77. The van der Waals surface area contributed by atoms with Gasteiger partial charge in [0.15, 0.2) is 0 Å². The summed E-state index contributed by atoms with van der Waals surface area (Å²) in [6.07, 6.45) is 1.41. The molecule has 0 spiro atoms. The third-order valence-corrected chi connectivity index (χ3v) is 3.82. The van der Waals surface area contributed by atoms with E-state index in [1.807, 2.05) is 42.2 Å². The molecule has 2 N–H and O–H groups in total. The fourth-order valence-corrected chi connectivity index (χ4v) is 2.62. The quantitative estimate of drug-likeness (QED) is 0.864. The monoisotopic (exact) mass is 276 g/mol. The Kier molecular flexibility index (Phi) is 5.56. The van der Waals surface area contributed by atoms with Gasteiger partial charge in [-0.1, -0.05) is 30.3 Å². The summed E-state index contributed by atoms with van der Waals surface area (Å²) < 4.78 is 5.43. The first-order valence-electron chi connectivity index (χ1n) is 7.36. The zero-order valence-corrected chi connectivity index (χ0v) is 12.1. The van der Waals surface area contributed by atoms with Crippen molar-refractivity contribution >= 4 is 5.91 Å². The van der Waals surface area contributed by atoms with Crippen molar-refractivity contribution in [1.29, 1.82) is 0 Å². The number of nitrogens with two attached hydrogens (primary N) is 1. The molecule has 1 saturated heterocycles. The molecule has 1 aromatic carbocycles. The van der Waals surface area contributed by atoms with Crippen molar-refractivity contribution < 1.29 is 9.53 Å². The minimum absolute atomic E-state index is 0.153. The number of carbonyl (C=O) groups excluding carboxylic acids is 1. The largest absolute Gasteiger partial charge is 0.381 e. The number of carbonyl (C=O) groups is 1. The molecule has 2 atom stereocenters. The Labute approximate surface area is 120 Å². The van der Waals surface area contributed by atoms with Gasteiger partial charge in [-0.25, -0.2) is 0 Å². The summed E-state index contributed by atoms with van der Waals surface area (Å²) in [5.74, 6) is 0.632. The SMILES string of the molecule is CCOCC1CCN(C(=O)CC(N)c2ccccc2)C1. The van der Waals surface area contributed by atoms with E-state index in [0.29, 0.717) is 12.3 Å². The van der Waals surface area contributed by atoms with Crippen molar-refractivity contribution in [1.82, 2.24) is 4.90 Å². The van der Waals surface area contributed by atoms with Crippen molar-refractivity contribution in [3.8, 4) is 0 Å². The van der Waals surface area contributed by atoms with Gasteiger partial charge in [-0.3, -0.25) is 4.79 Å². The van der Waals surface area contributed by atoms with E-state index in [2.05, 4.69) is 0 Å². The van der Waals surface area contributed by atoms with E-state index < -0.39 is 0 Å². The van der Waals surface area contributed by atoms with Gasteiger partial charge < -0.3 is 15.4 Å². The Morgan fingerprint density at radius 3 is 2.90 bits per heavy atom. The van der Waals surface area contributed by atoms with Crippen LogP contribution in [0.1, 0.15) is 31.4 Å². The summed E-state index contributed by atoms with van der Waals surface area (Å²) in [5.41, 5.74) is 7.13. The molecule has 0 radical (unpaired) electrons. The summed E-state index contributed by atoms with van der Waals surface area (Å²) in [7, 11) is 0. The van der Waals surface area contributed by atoms with Gasteiger partial charge in [-0.05, 0) is 18.9 Å². The third-order valence-electron chi connectivity index (χ3n) is 3.82. The highest BCUT2D eigenvalue weighted by atomic mass is 16.5. The molecular formula is C16H24N2O2. The summed E-state index contributed by atoms with van der Waals surface area (Å²) >= 11 is 0. The number of amides is 1. The van der Waals surface area contributed by atoms with E-state index in [-0.39, 0.29) is 11.9 Å². The van der Waals surface area contributed by atoms with Crippen LogP contribution >= 0.6 is 0 Å². The van der Waals surface area contributed by atoms with E-state index in [4.69, 9.17) is 10.5 Å². The highest BCUT2D eigenvalue weighted by Crippen LogP contribution is 2.20. The molecule has 110 valence electrons. The van der Waals surface area contributed by atoms with E-state index >= 15 is 0 Å². The van der Waals surface area contributed by atoms with Gasteiger partial charge in [0.05, 0.1) is 6.61 Å². The average Bonchev–Trinajstić information content (AvgIpc) is 2.95. The molecule has 20 heavy (non-hydrogen) atoms. The van der Waals surface area contributed by atoms with Crippen LogP contribution in [-0.2, 0) is 9.53 Å². The summed E-state index contributed by atoms with van der Waals surface area (Å²) in [4.78, 5) is 14.2. The van der Waals surface area contributed by atoms with Gasteiger partial charge in [-0.2, -0.15) is 0 Å². The number of hydrogen-bond donors (Lipinski definition) is 1. The predicted molar refractivity (Wildman–Crippen MR) is 79.2 cm³/mol. The molecule has 0 bridgehead atoms. The normalized spacial score (nSPS) is 20.1. The van der Waals surface area contributed by atoms with Crippen LogP contribution in [0.2, 0.25) is 0 Å². The molecular weight excluding hydrogens is 252 g/mol. The molecule has 1 heterocycles. The van der Waals surface area contributed by atoms with Crippen LogP contribution in [0.3, 0.4) is 0 Å². The predicted octanol–water partition coefficient (Wildman–Crippen LogP) is 1.96. The highest BCUT2D eigenvalue weighted by Gasteiger charge is 2.27. The Balaban J connectivity index is 1.81. The molecule has 1 aliphatic heterocycles. The van der Waals surface area contributed by atoms with Gasteiger partial charge in [0.25, 0.3) is 0 Å². The van der Waals surface area contributed by atoms with Gasteiger partial charge in [0.1, 0.15) is 0 Å². The maximum atomic E-state index is 12.3. The van der Waals surface area contributed by atoms with Crippen LogP contribution in [0.4, 0.5) is 0 Å². The Morgan fingerprint density at radius 2 is 2.20 bits per heavy atom. The van der Waals surface area contributed by atoms with Gasteiger partial charge in [0, 0.05) is 38.1 Å². The van der Waals surface area contributed by atoms with Crippen molar-refractivity contribution in [3.63, 3.8) is 0 Å². The third kappa shape index (κ3) is 4.05. The average molecular weight is 276 g/mol. The zero-order valence-electron chi connectivity index (χ0n) is 12.1. The van der Waals surface area contributed by atoms with Crippen molar-refractivity contribution in [2.75, 3.05) is 26.3 Å². The standard InChI is InChI=1S/C16H24N2O2/c1-2-20-12-13-8-9-18(11-13)16(19)10-15(17)14-6-4-3-5-7-14/h3-7,13,15H,2,8-12,17H2,1H3. The first-order chi connectivity index (χ1) is 9.70. The van der Waals surface area contributed by atoms with E-state index in [0.717, 1.165) is 38.3 Å². The van der Waals surface area contributed by atoms with Crippen molar-refractivity contribution in [2.24, 2.45) is 11.7 Å². The second kappa shape index (κ2) is 7.41. The second-order valence-electron chi connectivity index (χ2n) is 5.38. The van der Waals surface area contributed by atoms with Gasteiger partial charge >= 0.3 is 0 Å². The summed E-state index contributed by atoms with van der Waals surface area (Å²) in [6.45, 7) is 5.13. The molecule has 2 rings (SSSR count). The Hall–Kier alpha value is -1.39. The minimum Gasteiger partial charge on any atom is -0.381 e. The Bertz CT molecular complexity index is 422. The molecule has 1 amide bonds. The molecule has 1 aliphatic rings. The van der Waals surface area contributed by atoms with Crippen LogP contribution in [0, 0.1) is 5.92 Å². The van der Waals surface area contributed by atoms with Gasteiger partial charge in [-0.15, -0.1) is 0 Å². The van der Waals surface area contributed by atoms with E-state index in [1.54, 1.807) is 0 Å². The molecule has 0 aliphatic carbocycles. The number of ether oxygens (including phenoxy) is 1. The maximum absolute atomic E-state index is 12.3. The number of likely N-dealkylation sites (tertiary alicyclic amines) is 1. The lowest BCUT2D eigenvalue weighted by Crippen LogP contribution is -2.31. The van der Waals surface area contributed by atoms with Crippen LogP contribution in [0.25, 0.3) is 0 Å². The minimum atomic E-state index is -0.213. The van der Waals surface area contributed by atoms with Gasteiger partial charge in [0.2, 0.25) is 5.91 Å². The molecule has 1 aromatic rings. The second-order valence-corrected chi connectivity index (χ2v) is 5.38. The molecule has 4 nitrogen and oxygen atoms in total. The lowest BCUT2D eigenvalue weighted by Gasteiger charge is -2.19. The smallest absolute Gasteiger partial charge is 0.224 e. The van der Waals surface area contributed by atoms with Crippen molar-refractivity contribution in [3.05, 3.63) is 35.9 Å². The molecule has 0 aromatic heterocycles. The number of benzene rings is 1. The van der Waals surface area contributed by atoms with Crippen LogP contribution < -0.4 is 5.73 Å². The molecule has 2 unspecified atom stereocenters. The fourth-order valence-electron chi connectivity index (χ4n) is 2.62. The summed E-state index contributed by atoms with van der Waals surface area (Å²) in [6, 6.07) is 9.59. The van der Waals surface area contributed by atoms with E-state index in [9.17, 15) is 4.79 Å². The van der Waals surface area contributed by atoms with Crippen LogP contribution in [-0.4, -0.2) is 37.1 Å². The molecule has 0 saturated carbocycles. The van der Waals surface area contributed by atoms with Crippen molar-refractivity contribution in [2.45, 2.75) is 25.8 Å². The first kappa shape index (κ1) is 15.0. The number of hydrogen-bond acceptors (Lipinski definition) is 3. The lowest BCUT2D eigenvalue weighted by atomic mass is 10.0. The van der Waals surface area contributed by atoms with E-state index in [1.165, 1.54) is 0 Å². The van der Waals surface area contributed by atoms with Crippen LogP contribution in [0.15, 0.2) is 30.3 Å². The maximum Gasteiger partial charge on any atom is 0.224 e. The fraction of sp³-hybridized carbons (Fsp3) is 0.562. The lowest BCUT2D eigenvalue weighted by molar-refractivity contribution is -0.130. The zero-order chi connectivity index (χ0) is 14.4. The molecule has 4 heteroatoms. The molecule has 1 fully saturated rings.